The highest BCUT2D eigenvalue weighted by Crippen LogP contribution is 2.29. The number of hydrogen-bond acceptors (Lipinski definition) is 4. The van der Waals surface area contributed by atoms with E-state index in [1.165, 1.54) is 0 Å². The van der Waals surface area contributed by atoms with Gasteiger partial charge < -0.3 is 15.7 Å². The summed E-state index contributed by atoms with van der Waals surface area (Å²) in [5.74, 6) is -0.243. The molecule has 2 rings (SSSR count). The summed E-state index contributed by atoms with van der Waals surface area (Å²) in [6.07, 6.45) is 4.19. The first-order chi connectivity index (χ1) is 17.4. The second-order valence-electron chi connectivity index (χ2n) is 10.9. The highest BCUT2D eigenvalue weighted by atomic mass is 32.2. The van der Waals surface area contributed by atoms with Crippen LogP contribution in [0.15, 0.2) is 42.5 Å². The van der Waals surface area contributed by atoms with Crippen molar-refractivity contribution in [1.82, 2.24) is 10.6 Å². The first-order valence-electron chi connectivity index (χ1n) is 12.9. The Morgan fingerprint density at radius 3 is 2.38 bits per heavy atom. The molecular formula is C30H42N2O4S. The van der Waals surface area contributed by atoms with E-state index in [1.54, 1.807) is 17.8 Å². The van der Waals surface area contributed by atoms with E-state index in [-0.39, 0.29) is 11.3 Å². The lowest BCUT2D eigenvalue weighted by atomic mass is 9.84. The Morgan fingerprint density at radius 1 is 1.05 bits per heavy atom. The molecule has 37 heavy (non-hydrogen) atoms. The van der Waals surface area contributed by atoms with Gasteiger partial charge in [-0.3, -0.25) is 9.59 Å². The number of aliphatic carboxylic acids is 1. The molecule has 2 aromatic carbocycles. The topological polar surface area (TPSA) is 95.5 Å². The fourth-order valence-electron chi connectivity index (χ4n) is 4.63. The average Bonchev–Trinajstić information content (AvgIpc) is 2.83. The smallest absolute Gasteiger partial charge is 0.326 e. The van der Waals surface area contributed by atoms with E-state index in [4.69, 9.17) is 0 Å². The van der Waals surface area contributed by atoms with Gasteiger partial charge in [0.1, 0.15) is 6.04 Å². The van der Waals surface area contributed by atoms with Crippen LogP contribution in [-0.2, 0) is 16.0 Å². The molecule has 0 aliphatic rings. The SMILES string of the molecule is CSCC[C@H](NC(=O)c1ccc(CCC(=O)NCC(C)(C)CC(C)C)cc1-c1ccccc1C)C(=O)O. The third-order valence-electron chi connectivity index (χ3n) is 6.34. The number of carbonyl (C=O) groups is 3. The third kappa shape index (κ3) is 9.88. The minimum absolute atomic E-state index is 0.00851. The number of nitrogens with one attached hydrogen (secondary N) is 2. The van der Waals surface area contributed by atoms with E-state index in [0.717, 1.165) is 28.7 Å². The molecule has 0 heterocycles. The summed E-state index contributed by atoms with van der Waals surface area (Å²) >= 11 is 1.54. The van der Waals surface area contributed by atoms with Crippen molar-refractivity contribution in [1.29, 1.82) is 0 Å². The van der Waals surface area contributed by atoms with Gasteiger partial charge in [0.15, 0.2) is 0 Å². The Morgan fingerprint density at radius 2 is 1.76 bits per heavy atom. The predicted octanol–water partition coefficient (Wildman–Crippen LogP) is 5.72. The summed E-state index contributed by atoms with van der Waals surface area (Å²) in [5, 5.41) is 15.3. The Hall–Kier alpha value is -2.80. The summed E-state index contributed by atoms with van der Waals surface area (Å²) in [4.78, 5) is 37.5. The lowest BCUT2D eigenvalue weighted by molar-refractivity contribution is -0.139. The number of rotatable bonds is 14. The van der Waals surface area contributed by atoms with Gasteiger partial charge >= 0.3 is 5.97 Å². The van der Waals surface area contributed by atoms with Crippen molar-refractivity contribution < 1.29 is 19.5 Å². The Bertz CT molecular complexity index is 1080. The van der Waals surface area contributed by atoms with E-state index < -0.39 is 17.9 Å². The molecule has 2 amide bonds. The van der Waals surface area contributed by atoms with Crippen LogP contribution >= 0.6 is 11.8 Å². The maximum Gasteiger partial charge on any atom is 0.326 e. The summed E-state index contributed by atoms with van der Waals surface area (Å²) < 4.78 is 0. The number of carboxylic acids is 1. The largest absolute Gasteiger partial charge is 0.480 e. The molecule has 0 aromatic heterocycles. The fourth-order valence-corrected chi connectivity index (χ4v) is 5.10. The number of thioether (sulfide) groups is 1. The maximum absolute atomic E-state index is 13.2. The lowest BCUT2D eigenvalue weighted by Gasteiger charge is -2.27. The van der Waals surface area contributed by atoms with Crippen molar-refractivity contribution in [3.8, 4) is 11.1 Å². The van der Waals surface area contributed by atoms with E-state index in [1.807, 2.05) is 49.6 Å². The van der Waals surface area contributed by atoms with Gasteiger partial charge in [-0.2, -0.15) is 11.8 Å². The molecule has 6 nitrogen and oxygen atoms in total. The molecule has 1 atom stereocenters. The van der Waals surface area contributed by atoms with Gasteiger partial charge in [0.25, 0.3) is 5.91 Å². The second kappa shape index (κ2) is 14.2. The third-order valence-corrected chi connectivity index (χ3v) is 6.99. The van der Waals surface area contributed by atoms with Crippen LogP contribution in [-0.4, -0.2) is 47.5 Å². The average molecular weight is 527 g/mol. The molecule has 0 spiro atoms. The van der Waals surface area contributed by atoms with Gasteiger partial charge in [0.05, 0.1) is 0 Å². The van der Waals surface area contributed by atoms with Crippen LogP contribution in [0, 0.1) is 18.3 Å². The van der Waals surface area contributed by atoms with Gasteiger partial charge in [-0.1, -0.05) is 64.1 Å². The number of aryl methyl sites for hydroxylation is 2. The molecule has 0 radical (unpaired) electrons. The van der Waals surface area contributed by atoms with Crippen molar-refractivity contribution in [2.75, 3.05) is 18.6 Å². The minimum atomic E-state index is -1.04. The van der Waals surface area contributed by atoms with Crippen molar-refractivity contribution in [3.63, 3.8) is 0 Å². The molecule has 7 heteroatoms. The highest BCUT2D eigenvalue weighted by molar-refractivity contribution is 7.98. The van der Waals surface area contributed by atoms with E-state index >= 15 is 0 Å². The van der Waals surface area contributed by atoms with Crippen molar-refractivity contribution in [2.24, 2.45) is 11.3 Å². The van der Waals surface area contributed by atoms with Crippen LogP contribution < -0.4 is 10.6 Å². The summed E-state index contributed by atoms with van der Waals surface area (Å²) in [7, 11) is 0. The molecule has 0 fully saturated rings. The van der Waals surface area contributed by atoms with Gasteiger partial charge in [-0.15, -0.1) is 0 Å². The van der Waals surface area contributed by atoms with Crippen molar-refractivity contribution >= 4 is 29.5 Å². The van der Waals surface area contributed by atoms with Gasteiger partial charge in [0, 0.05) is 18.5 Å². The molecule has 2 aromatic rings. The highest BCUT2D eigenvalue weighted by Gasteiger charge is 2.23. The number of hydrogen-bond donors (Lipinski definition) is 3. The quantitative estimate of drug-likeness (QED) is 0.293. The second-order valence-corrected chi connectivity index (χ2v) is 11.9. The zero-order chi connectivity index (χ0) is 27.6. The van der Waals surface area contributed by atoms with Crippen LogP contribution in [0.4, 0.5) is 0 Å². The Labute approximate surface area is 226 Å². The van der Waals surface area contributed by atoms with Crippen molar-refractivity contribution in [3.05, 3.63) is 59.2 Å². The van der Waals surface area contributed by atoms with Crippen LogP contribution in [0.3, 0.4) is 0 Å². The first-order valence-corrected chi connectivity index (χ1v) is 14.3. The van der Waals surface area contributed by atoms with Crippen molar-refractivity contribution in [2.45, 2.75) is 66.3 Å². The molecular weight excluding hydrogens is 484 g/mol. The summed E-state index contributed by atoms with van der Waals surface area (Å²) in [6.45, 7) is 11.3. The lowest BCUT2D eigenvalue weighted by Crippen LogP contribution is -2.41. The zero-order valence-electron chi connectivity index (χ0n) is 23.0. The van der Waals surface area contributed by atoms with Crippen LogP contribution in [0.1, 0.15) is 68.4 Å². The molecule has 0 aliphatic heterocycles. The van der Waals surface area contributed by atoms with E-state index in [9.17, 15) is 19.5 Å². The van der Waals surface area contributed by atoms with E-state index in [2.05, 4.69) is 38.3 Å². The number of amides is 2. The minimum Gasteiger partial charge on any atom is -0.480 e. The van der Waals surface area contributed by atoms with Crippen LogP contribution in [0.5, 0.6) is 0 Å². The number of carboxylic acid groups (broad SMARTS) is 1. The van der Waals surface area contributed by atoms with Gasteiger partial charge in [-0.05, 0) is 77.8 Å². The van der Waals surface area contributed by atoms with Gasteiger partial charge in [0.2, 0.25) is 5.91 Å². The molecule has 0 saturated carbocycles. The molecule has 0 bridgehead atoms. The first kappa shape index (κ1) is 30.4. The predicted molar refractivity (Wildman–Crippen MR) is 153 cm³/mol. The molecule has 3 N–H and O–H groups in total. The zero-order valence-corrected chi connectivity index (χ0v) is 23.8. The van der Waals surface area contributed by atoms with Crippen LogP contribution in [0.2, 0.25) is 0 Å². The standard InChI is InChI=1S/C30H42N2O4S/c1-20(2)18-30(4,5)19-31-27(33)14-12-22-11-13-24(25(17-22)23-10-8-7-9-21(23)3)28(34)32-26(29(35)36)15-16-37-6/h7-11,13,17,20,26H,12,14-16,18-19H2,1-6H3,(H,31,33)(H,32,34)(H,35,36)/t26-/m0/s1. The number of carbonyl (C=O) groups excluding carboxylic acids is 2. The van der Waals surface area contributed by atoms with Gasteiger partial charge in [-0.25, -0.2) is 4.79 Å². The molecule has 202 valence electrons. The fraction of sp³-hybridized carbons (Fsp3) is 0.500. The maximum atomic E-state index is 13.2. The molecule has 0 aliphatic carbocycles. The van der Waals surface area contributed by atoms with Crippen LogP contribution in [0.25, 0.3) is 11.1 Å². The summed E-state index contributed by atoms with van der Waals surface area (Å²) in [6, 6.07) is 12.4. The Balaban J connectivity index is 2.22. The molecule has 0 saturated heterocycles. The number of benzene rings is 2. The monoisotopic (exact) mass is 526 g/mol. The van der Waals surface area contributed by atoms with E-state index in [0.29, 0.717) is 43.0 Å². The Kier molecular flexibility index (Phi) is 11.7. The molecule has 0 unspecified atom stereocenters. The summed E-state index contributed by atoms with van der Waals surface area (Å²) in [5.41, 5.74) is 4.07. The normalized spacial score (nSPS) is 12.3.